The molecule has 3 aromatic carbocycles. The van der Waals surface area contributed by atoms with Gasteiger partial charge >= 0.3 is 0 Å². The molecule has 2 amide bonds. The quantitative estimate of drug-likeness (QED) is 0.580. The molecule has 4 N–H and O–H groups in total. The predicted molar refractivity (Wildman–Crippen MR) is 120 cm³/mol. The fraction of sp³-hybridized carbons (Fsp3) is 0.231. The molecule has 0 spiro atoms. The van der Waals surface area contributed by atoms with E-state index in [4.69, 9.17) is 0 Å². The molecular formula is C26H28N3O2+. The van der Waals surface area contributed by atoms with Crippen LogP contribution in [0.5, 0.6) is 0 Å². The third kappa shape index (κ3) is 5.01. The number of nitrogens with two attached hydrogens (primary N) is 1. The molecule has 0 saturated carbocycles. The van der Waals surface area contributed by atoms with Gasteiger partial charge < -0.3 is 16.0 Å². The average molecular weight is 415 g/mol. The highest BCUT2D eigenvalue weighted by Crippen LogP contribution is 2.18. The van der Waals surface area contributed by atoms with Crippen molar-refractivity contribution in [3.8, 4) is 0 Å². The lowest BCUT2D eigenvalue weighted by atomic mass is 9.95. The molecule has 0 aromatic heterocycles. The van der Waals surface area contributed by atoms with Crippen LogP contribution in [0.2, 0.25) is 0 Å². The summed E-state index contributed by atoms with van der Waals surface area (Å²) in [5.74, 6) is -0.335. The first-order valence-electron chi connectivity index (χ1n) is 10.7. The smallest absolute Gasteiger partial charge is 0.279 e. The Labute approximate surface area is 182 Å². The lowest BCUT2D eigenvalue weighted by Crippen LogP contribution is -2.93. The third-order valence-electron chi connectivity index (χ3n) is 5.86. The highest BCUT2D eigenvalue weighted by atomic mass is 16.2. The Morgan fingerprint density at radius 3 is 2.06 bits per heavy atom. The minimum Gasteiger partial charge on any atom is -0.347 e. The van der Waals surface area contributed by atoms with Gasteiger partial charge in [-0.3, -0.25) is 9.59 Å². The van der Waals surface area contributed by atoms with Gasteiger partial charge in [0.2, 0.25) is 5.91 Å². The summed E-state index contributed by atoms with van der Waals surface area (Å²) in [5.41, 5.74) is 4.25. The Hall–Kier alpha value is -3.44. The first-order chi connectivity index (χ1) is 15.1. The maximum Gasteiger partial charge on any atom is 0.279 e. The topological polar surface area (TPSA) is 74.8 Å². The number of rotatable bonds is 6. The van der Waals surface area contributed by atoms with Crippen LogP contribution in [0.4, 0.5) is 0 Å². The molecule has 5 heteroatoms. The molecule has 5 nitrogen and oxygen atoms in total. The Morgan fingerprint density at radius 1 is 0.806 bits per heavy atom. The second-order valence-corrected chi connectivity index (χ2v) is 8.01. The first-order valence-corrected chi connectivity index (χ1v) is 10.7. The molecule has 1 aliphatic rings. The van der Waals surface area contributed by atoms with Crippen LogP contribution < -0.4 is 16.0 Å². The number of carbonyl (C=O) groups excluding carboxylic acids is 2. The molecule has 4 rings (SSSR count). The number of amides is 2. The zero-order valence-electron chi connectivity index (χ0n) is 17.6. The van der Waals surface area contributed by atoms with Crippen LogP contribution in [0.25, 0.3) is 0 Å². The molecule has 31 heavy (non-hydrogen) atoms. The van der Waals surface area contributed by atoms with Gasteiger partial charge in [0, 0.05) is 12.0 Å². The van der Waals surface area contributed by atoms with Crippen LogP contribution in [-0.4, -0.2) is 17.9 Å². The van der Waals surface area contributed by atoms with E-state index in [9.17, 15) is 9.59 Å². The van der Waals surface area contributed by atoms with Crippen molar-refractivity contribution in [3.05, 3.63) is 107 Å². The Morgan fingerprint density at radius 2 is 1.39 bits per heavy atom. The number of carbonyl (C=O) groups is 2. The minimum absolute atomic E-state index is 0.120. The van der Waals surface area contributed by atoms with E-state index in [1.54, 1.807) is 0 Å². The van der Waals surface area contributed by atoms with Gasteiger partial charge in [0.05, 0.1) is 6.04 Å². The van der Waals surface area contributed by atoms with E-state index in [1.165, 1.54) is 11.1 Å². The van der Waals surface area contributed by atoms with Crippen LogP contribution in [0.3, 0.4) is 0 Å². The zero-order valence-corrected chi connectivity index (χ0v) is 17.6. The molecule has 1 heterocycles. The lowest BCUT2D eigenvalue weighted by molar-refractivity contribution is -0.695. The van der Waals surface area contributed by atoms with Crippen LogP contribution in [0, 0.1) is 0 Å². The molecule has 0 aliphatic carbocycles. The minimum atomic E-state index is -0.745. The Kier molecular flexibility index (Phi) is 6.43. The van der Waals surface area contributed by atoms with E-state index in [0.29, 0.717) is 6.42 Å². The van der Waals surface area contributed by atoms with E-state index in [0.717, 1.165) is 17.7 Å². The van der Waals surface area contributed by atoms with Crippen molar-refractivity contribution < 1.29 is 14.9 Å². The standard InChI is InChI=1S/C26H27N3O2/c1-18(19-10-4-2-5-11-19)28-26(31)24(20-12-6-3-7-13-20)29-25(30)23-16-21-14-8-9-15-22(21)17-27-23/h2-15,18,23-24,27H,16-17H2,1H3,(H,28,31)(H,29,30)/p+1/t18-,23-,24+/m0/s1. The zero-order chi connectivity index (χ0) is 21.6. The van der Waals surface area contributed by atoms with Crippen molar-refractivity contribution in [3.63, 3.8) is 0 Å². The number of hydrogen-bond donors (Lipinski definition) is 3. The number of quaternary nitrogens is 1. The number of hydrogen-bond acceptors (Lipinski definition) is 2. The molecule has 3 aromatic rings. The summed E-state index contributed by atoms with van der Waals surface area (Å²) in [4.78, 5) is 26.3. The van der Waals surface area contributed by atoms with Gasteiger partial charge in [-0.15, -0.1) is 0 Å². The average Bonchev–Trinajstić information content (AvgIpc) is 2.83. The van der Waals surface area contributed by atoms with E-state index in [-0.39, 0.29) is 23.9 Å². The van der Waals surface area contributed by atoms with Gasteiger partial charge in [-0.25, -0.2) is 0 Å². The van der Waals surface area contributed by atoms with Gasteiger partial charge in [-0.1, -0.05) is 84.9 Å². The highest BCUT2D eigenvalue weighted by molar-refractivity contribution is 5.90. The summed E-state index contributed by atoms with van der Waals surface area (Å²) < 4.78 is 0. The molecular weight excluding hydrogens is 386 g/mol. The van der Waals surface area contributed by atoms with Crippen molar-refractivity contribution in [1.29, 1.82) is 0 Å². The van der Waals surface area contributed by atoms with Crippen molar-refractivity contribution in [2.45, 2.75) is 38.0 Å². The third-order valence-corrected chi connectivity index (χ3v) is 5.86. The van der Waals surface area contributed by atoms with Gasteiger partial charge in [0.15, 0.2) is 6.04 Å². The maximum atomic E-state index is 13.2. The Bertz CT molecular complexity index is 1040. The number of benzene rings is 3. The first kappa shape index (κ1) is 20.8. The number of fused-ring (bicyclic) bond motifs is 1. The van der Waals surface area contributed by atoms with E-state index >= 15 is 0 Å². The summed E-state index contributed by atoms with van der Waals surface area (Å²) in [5, 5.41) is 8.11. The maximum absolute atomic E-state index is 13.2. The lowest BCUT2D eigenvalue weighted by Gasteiger charge is -2.26. The van der Waals surface area contributed by atoms with Gasteiger partial charge in [-0.05, 0) is 23.6 Å². The molecule has 0 fully saturated rings. The fourth-order valence-electron chi connectivity index (χ4n) is 4.06. The van der Waals surface area contributed by atoms with Gasteiger partial charge in [-0.2, -0.15) is 0 Å². The van der Waals surface area contributed by atoms with Crippen LogP contribution >= 0.6 is 0 Å². The second-order valence-electron chi connectivity index (χ2n) is 8.01. The van der Waals surface area contributed by atoms with Crippen molar-refractivity contribution >= 4 is 11.8 Å². The summed E-state index contributed by atoms with van der Waals surface area (Å²) >= 11 is 0. The molecule has 3 atom stereocenters. The normalized spacial score (nSPS) is 17.1. The van der Waals surface area contributed by atoms with Crippen LogP contribution in [0.15, 0.2) is 84.9 Å². The monoisotopic (exact) mass is 414 g/mol. The summed E-state index contributed by atoms with van der Waals surface area (Å²) in [6.45, 7) is 2.71. The summed E-state index contributed by atoms with van der Waals surface area (Å²) in [7, 11) is 0. The van der Waals surface area contributed by atoms with Crippen molar-refractivity contribution in [2.24, 2.45) is 0 Å². The van der Waals surface area contributed by atoms with Crippen LogP contribution in [0.1, 0.15) is 41.3 Å². The van der Waals surface area contributed by atoms with Crippen molar-refractivity contribution in [2.75, 3.05) is 0 Å². The predicted octanol–water partition coefficient (Wildman–Crippen LogP) is 2.41. The number of nitrogens with one attached hydrogen (secondary N) is 2. The van der Waals surface area contributed by atoms with E-state index in [2.05, 4.69) is 22.8 Å². The van der Waals surface area contributed by atoms with E-state index < -0.39 is 6.04 Å². The summed E-state index contributed by atoms with van der Waals surface area (Å²) in [6, 6.07) is 26.3. The largest absolute Gasteiger partial charge is 0.347 e. The van der Waals surface area contributed by atoms with Gasteiger partial charge in [0.1, 0.15) is 12.6 Å². The molecule has 1 aliphatic heterocycles. The van der Waals surface area contributed by atoms with Crippen molar-refractivity contribution in [1.82, 2.24) is 10.6 Å². The van der Waals surface area contributed by atoms with Crippen LogP contribution in [-0.2, 0) is 22.6 Å². The molecule has 0 saturated heterocycles. The molecule has 158 valence electrons. The molecule has 0 bridgehead atoms. The molecule has 0 unspecified atom stereocenters. The SMILES string of the molecule is C[C@H](NC(=O)[C@H](NC(=O)[C@@H]1Cc2ccccc2C[NH2+]1)c1ccccc1)c1ccccc1. The summed E-state index contributed by atoms with van der Waals surface area (Å²) in [6.07, 6.45) is 0.658. The van der Waals surface area contributed by atoms with E-state index in [1.807, 2.05) is 85.0 Å². The fourth-order valence-corrected chi connectivity index (χ4v) is 4.06. The molecule has 0 radical (unpaired) electrons. The Balaban J connectivity index is 1.49. The second kappa shape index (κ2) is 9.58. The highest BCUT2D eigenvalue weighted by Gasteiger charge is 2.32. The van der Waals surface area contributed by atoms with Gasteiger partial charge in [0.25, 0.3) is 5.91 Å².